The van der Waals surface area contributed by atoms with Crippen molar-refractivity contribution in [3.63, 3.8) is 0 Å². The summed E-state index contributed by atoms with van der Waals surface area (Å²) in [5.41, 5.74) is 15.5. The molecule has 8 aromatic rings. The highest BCUT2D eigenvalue weighted by molar-refractivity contribution is 8.04. The molecule has 0 aliphatic carbocycles. The van der Waals surface area contributed by atoms with Crippen molar-refractivity contribution in [3.8, 4) is 33.4 Å². The maximum atomic E-state index is 4.36. The Hall–Kier alpha value is -5.74. The van der Waals surface area contributed by atoms with Crippen molar-refractivity contribution in [2.75, 3.05) is 0 Å². The Labute approximate surface area is 364 Å². The van der Waals surface area contributed by atoms with Crippen LogP contribution in [0.4, 0.5) is 0 Å². The zero-order valence-electron chi connectivity index (χ0n) is 34.9. The topological polar surface area (TPSA) is 0 Å². The normalized spacial score (nSPS) is 13.8. The predicted molar refractivity (Wildman–Crippen MR) is 264 cm³/mol. The van der Waals surface area contributed by atoms with E-state index in [1.807, 2.05) is 23.5 Å². The number of fused-ring (bicyclic) bond motifs is 4. The molecule has 0 atom stereocenters. The second-order valence-corrected chi connectivity index (χ2v) is 19.4. The van der Waals surface area contributed by atoms with Gasteiger partial charge in [0, 0.05) is 20.1 Å². The van der Waals surface area contributed by atoms with Crippen LogP contribution in [0.1, 0.15) is 51.7 Å². The average molecular weight is 807 g/mol. The molecule has 10 rings (SSSR count). The number of thioether (sulfide) groups is 1. The summed E-state index contributed by atoms with van der Waals surface area (Å²) in [6.45, 7) is 16.1. The van der Waals surface area contributed by atoms with Crippen molar-refractivity contribution < 1.29 is 0 Å². The highest BCUT2D eigenvalue weighted by atomic mass is 32.2. The van der Waals surface area contributed by atoms with Gasteiger partial charge in [0.05, 0.1) is 0 Å². The smallest absolute Gasteiger partial charge is 0.0988 e. The van der Waals surface area contributed by atoms with Crippen molar-refractivity contribution in [3.05, 3.63) is 210 Å². The van der Waals surface area contributed by atoms with Gasteiger partial charge in [0.1, 0.15) is 0 Å². The van der Waals surface area contributed by atoms with E-state index >= 15 is 0 Å². The molecule has 2 heterocycles. The van der Waals surface area contributed by atoms with Gasteiger partial charge in [-0.25, -0.2) is 0 Å². The first-order chi connectivity index (χ1) is 29.2. The Balaban J connectivity index is 1.16. The average Bonchev–Trinajstić information content (AvgIpc) is 3.28. The van der Waals surface area contributed by atoms with Crippen LogP contribution in [-0.4, -0.2) is 6.71 Å². The summed E-state index contributed by atoms with van der Waals surface area (Å²) in [7, 11) is 0. The molecule has 290 valence electrons. The molecule has 8 aromatic carbocycles. The Bertz CT molecular complexity index is 3000. The first-order valence-corrected chi connectivity index (χ1v) is 22.7. The van der Waals surface area contributed by atoms with Crippen LogP contribution in [0.5, 0.6) is 0 Å². The van der Waals surface area contributed by atoms with Crippen LogP contribution < -0.4 is 10.9 Å². The van der Waals surface area contributed by atoms with E-state index in [0.29, 0.717) is 5.92 Å². The summed E-state index contributed by atoms with van der Waals surface area (Å²) in [4.78, 5) is 5.37. The molecule has 0 saturated heterocycles. The molecule has 0 spiro atoms. The van der Waals surface area contributed by atoms with Gasteiger partial charge in [-0.3, -0.25) is 0 Å². The summed E-state index contributed by atoms with van der Waals surface area (Å²) < 4.78 is 0. The van der Waals surface area contributed by atoms with E-state index < -0.39 is 0 Å². The minimum Gasteiger partial charge on any atom is -0.0988 e. The maximum absolute atomic E-state index is 4.36. The molecular formula is C57H47BS2. The third-order valence-electron chi connectivity index (χ3n) is 12.8. The van der Waals surface area contributed by atoms with E-state index in [4.69, 9.17) is 0 Å². The van der Waals surface area contributed by atoms with E-state index in [2.05, 4.69) is 217 Å². The van der Waals surface area contributed by atoms with Crippen molar-refractivity contribution in [1.29, 1.82) is 0 Å². The maximum Gasteiger partial charge on any atom is 0.246 e. The van der Waals surface area contributed by atoms with Crippen LogP contribution in [-0.2, 0) is 5.41 Å². The molecule has 0 amide bonds. The van der Waals surface area contributed by atoms with Crippen LogP contribution >= 0.6 is 23.5 Å². The Morgan fingerprint density at radius 1 is 0.567 bits per heavy atom. The van der Waals surface area contributed by atoms with Crippen LogP contribution in [0.2, 0.25) is 0 Å². The van der Waals surface area contributed by atoms with E-state index in [1.54, 1.807) is 0 Å². The SMILES string of the molecule is C=C/C(=C\C1=C(C)Sc2cc(-c3cc(-c4c5ccccc5c(-c5ccccc5)c5ccccc45)cc(C(C)C)c3)cc3c2B1c1ccccc1S3)C(C)(C)c1ccccc1. The minimum absolute atomic E-state index is 0.141. The van der Waals surface area contributed by atoms with Gasteiger partial charge in [0.2, 0.25) is 6.71 Å². The lowest BCUT2D eigenvalue weighted by molar-refractivity contribution is 0.639. The first kappa shape index (κ1) is 38.5. The fraction of sp³-hybridized carbons (Fsp3) is 0.123. The van der Waals surface area contributed by atoms with E-state index in [-0.39, 0.29) is 12.1 Å². The van der Waals surface area contributed by atoms with Crippen LogP contribution in [0, 0.1) is 0 Å². The molecule has 0 nitrogen and oxygen atoms in total. The number of hydrogen-bond acceptors (Lipinski definition) is 2. The van der Waals surface area contributed by atoms with Crippen molar-refractivity contribution in [1.82, 2.24) is 0 Å². The molecular weight excluding hydrogens is 760 g/mol. The highest BCUT2D eigenvalue weighted by Crippen LogP contribution is 2.48. The molecule has 0 N–H and O–H groups in total. The second-order valence-electron chi connectivity index (χ2n) is 17.1. The molecule has 0 aromatic heterocycles. The van der Waals surface area contributed by atoms with Crippen molar-refractivity contribution in [2.24, 2.45) is 0 Å². The Morgan fingerprint density at radius 2 is 1.08 bits per heavy atom. The molecule has 0 radical (unpaired) electrons. The van der Waals surface area contributed by atoms with E-state index in [1.165, 1.54) is 108 Å². The lowest BCUT2D eigenvalue weighted by atomic mass is 9.35. The number of benzene rings is 8. The van der Waals surface area contributed by atoms with Crippen LogP contribution in [0.25, 0.3) is 54.9 Å². The van der Waals surface area contributed by atoms with Crippen LogP contribution in [0.15, 0.2) is 213 Å². The standard InChI is InChI=1S/C57H47BS2/c1-7-43(57(5,6)44-22-12-9-13-23-44)35-50-37(4)59-52-33-41(34-53-56(52)58(50)49-28-18-19-29-51(49)60-53)40-30-39(36(2)3)31-42(32-40)55-47-26-16-14-24-45(47)54(38-20-10-8-11-21-38)46-25-15-17-27-48(46)55/h7-36H,1H2,2-6H3/b43-35+. The monoisotopic (exact) mass is 806 g/mol. The molecule has 0 unspecified atom stereocenters. The number of allylic oxidation sites excluding steroid dienone is 5. The summed E-state index contributed by atoms with van der Waals surface area (Å²) in [6.07, 6.45) is 4.53. The van der Waals surface area contributed by atoms with Gasteiger partial charge >= 0.3 is 0 Å². The fourth-order valence-electron chi connectivity index (χ4n) is 9.58. The molecule has 0 saturated carbocycles. The van der Waals surface area contributed by atoms with Crippen LogP contribution in [0.3, 0.4) is 0 Å². The summed E-state index contributed by atoms with van der Waals surface area (Å²) >= 11 is 3.86. The highest BCUT2D eigenvalue weighted by Gasteiger charge is 2.39. The van der Waals surface area contributed by atoms with Gasteiger partial charge in [-0.1, -0.05) is 220 Å². The first-order valence-electron chi connectivity index (χ1n) is 21.1. The molecule has 2 aliphatic heterocycles. The van der Waals surface area contributed by atoms with Crippen molar-refractivity contribution in [2.45, 2.75) is 60.6 Å². The zero-order valence-corrected chi connectivity index (χ0v) is 36.6. The van der Waals surface area contributed by atoms with Crippen molar-refractivity contribution >= 4 is 62.7 Å². The van der Waals surface area contributed by atoms with Gasteiger partial charge in [-0.2, -0.15) is 0 Å². The Morgan fingerprint density at radius 3 is 1.70 bits per heavy atom. The largest absolute Gasteiger partial charge is 0.246 e. The van der Waals surface area contributed by atoms with Gasteiger partial charge in [-0.05, 0) is 119 Å². The third kappa shape index (κ3) is 6.51. The number of rotatable bonds is 8. The van der Waals surface area contributed by atoms with Gasteiger partial charge in [0.15, 0.2) is 0 Å². The molecule has 0 bridgehead atoms. The van der Waals surface area contributed by atoms with E-state index in [0.717, 1.165) is 0 Å². The lowest BCUT2D eigenvalue weighted by Crippen LogP contribution is -2.50. The lowest BCUT2D eigenvalue weighted by Gasteiger charge is -2.35. The second kappa shape index (κ2) is 15.4. The Kier molecular flexibility index (Phi) is 9.86. The van der Waals surface area contributed by atoms with Gasteiger partial charge in [-0.15, -0.1) is 0 Å². The predicted octanol–water partition coefficient (Wildman–Crippen LogP) is 15.2. The van der Waals surface area contributed by atoms with Gasteiger partial charge < -0.3 is 0 Å². The quantitative estimate of drug-likeness (QED) is 0.0852. The molecule has 60 heavy (non-hydrogen) atoms. The van der Waals surface area contributed by atoms with Gasteiger partial charge in [0.25, 0.3) is 0 Å². The molecule has 0 fully saturated rings. The molecule has 2 aliphatic rings. The van der Waals surface area contributed by atoms with E-state index in [9.17, 15) is 0 Å². The minimum atomic E-state index is -0.200. The summed E-state index contributed by atoms with van der Waals surface area (Å²) in [5.74, 6) is 0.361. The zero-order chi connectivity index (χ0) is 41.1. The molecule has 3 heteroatoms. The summed E-state index contributed by atoms with van der Waals surface area (Å²) in [5, 5.41) is 5.12. The fourth-order valence-corrected chi connectivity index (χ4v) is 12.0. The number of hydrogen-bond donors (Lipinski definition) is 0. The summed E-state index contributed by atoms with van der Waals surface area (Å²) in [6, 6.07) is 61.1. The third-order valence-corrected chi connectivity index (χ3v) is 15.1.